The summed E-state index contributed by atoms with van der Waals surface area (Å²) in [7, 11) is 0. The van der Waals surface area contributed by atoms with Crippen LogP contribution in [-0.4, -0.2) is 48.4 Å². The number of ether oxygens (including phenoxy) is 2. The molecule has 1 N–H and O–H groups in total. The van der Waals surface area contributed by atoms with E-state index in [1.54, 1.807) is 13.8 Å². The van der Waals surface area contributed by atoms with E-state index < -0.39 is 40.1 Å². The van der Waals surface area contributed by atoms with Gasteiger partial charge in [0.05, 0.1) is 41.6 Å². The van der Waals surface area contributed by atoms with Crippen molar-refractivity contribution >= 4 is 41.0 Å². The Balaban J connectivity index is 1.90. The summed E-state index contributed by atoms with van der Waals surface area (Å²) in [6.45, 7) is 4.81. The van der Waals surface area contributed by atoms with Crippen LogP contribution in [0.1, 0.15) is 42.3 Å². The first-order valence-corrected chi connectivity index (χ1v) is 11.3. The lowest BCUT2D eigenvalue weighted by Gasteiger charge is -2.24. The highest BCUT2D eigenvalue weighted by Crippen LogP contribution is 2.38. The van der Waals surface area contributed by atoms with Crippen LogP contribution in [-0.2, 0) is 20.4 Å². The van der Waals surface area contributed by atoms with Crippen molar-refractivity contribution in [2.24, 2.45) is 10.5 Å². The minimum Gasteiger partial charge on any atom is -0.465 e. The highest BCUT2D eigenvalue weighted by molar-refractivity contribution is 6.32. The van der Waals surface area contributed by atoms with Crippen LogP contribution < -0.4 is 5.32 Å². The Hall–Kier alpha value is -3.60. The molecule has 0 radical (unpaired) electrons. The SMILES string of the molecule is CCOC(=O)c1ccc(NC(=O)N2CC(C)(C(=O)OCC)C(c3ccc(C(F)(F)F)c(Cl)c3)=N2)cc1. The number of rotatable bonds is 6. The Kier molecular flexibility index (Phi) is 7.92. The Morgan fingerprint density at radius 3 is 2.28 bits per heavy atom. The number of hydrazone groups is 1. The van der Waals surface area contributed by atoms with Gasteiger partial charge in [-0.2, -0.15) is 18.3 Å². The molecule has 0 aromatic heterocycles. The zero-order valence-corrected chi connectivity index (χ0v) is 20.4. The molecule has 1 aliphatic heterocycles. The molecule has 192 valence electrons. The summed E-state index contributed by atoms with van der Waals surface area (Å²) in [6.07, 6.45) is -4.66. The van der Waals surface area contributed by atoms with Gasteiger partial charge >= 0.3 is 24.1 Å². The fourth-order valence-corrected chi connectivity index (χ4v) is 3.86. The number of nitrogens with one attached hydrogen (secondary N) is 1. The number of anilines is 1. The van der Waals surface area contributed by atoms with Crippen molar-refractivity contribution in [2.75, 3.05) is 25.1 Å². The third kappa shape index (κ3) is 5.62. The number of hydrogen-bond donors (Lipinski definition) is 1. The molecule has 0 saturated heterocycles. The molecule has 2 amide bonds. The quantitative estimate of drug-likeness (QED) is 0.512. The molecular weight excluding hydrogens is 503 g/mol. The van der Waals surface area contributed by atoms with Crippen LogP contribution in [0.15, 0.2) is 47.6 Å². The first kappa shape index (κ1) is 27.0. The molecule has 36 heavy (non-hydrogen) atoms. The zero-order chi connectivity index (χ0) is 26.7. The van der Waals surface area contributed by atoms with E-state index >= 15 is 0 Å². The number of carbonyl (C=O) groups is 3. The molecule has 8 nitrogen and oxygen atoms in total. The van der Waals surface area contributed by atoms with Crippen molar-refractivity contribution < 1.29 is 37.0 Å². The fourth-order valence-electron chi connectivity index (χ4n) is 3.57. The number of benzene rings is 2. The van der Waals surface area contributed by atoms with Gasteiger partial charge in [0.1, 0.15) is 5.41 Å². The van der Waals surface area contributed by atoms with Crippen molar-refractivity contribution in [1.29, 1.82) is 0 Å². The van der Waals surface area contributed by atoms with Gasteiger partial charge in [0, 0.05) is 11.3 Å². The lowest BCUT2D eigenvalue weighted by Crippen LogP contribution is -2.42. The van der Waals surface area contributed by atoms with Gasteiger partial charge in [0.15, 0.2) is 0 Å². The molecule has 1 aliphatic rings. The lowest BCUT2D eigenvalue weighted by atomic mass is 9.82. The molecule has 1 heterocycles. The number of halogens is 4. The van der Waals surface area contributed by atoms with E-state index in [0.29, 0.717) is 11.3 Å². The number of urea groups is 1. The maximum Gasteiger partial charge on any atom is 0.417 e. The van der Waals surface area contributed by atoms with Crippen LogP contribution in [0, 0.1) is 5.41 Å². The minimum absolute atomic E-state index is 0.0318. The number of hydrogen-bond acceptors (Lipinski definition) is 6. The Labute approximate surface area is 210 Å². The first-order chi connectivity index (χ1) is 16.9. The van der Waals surface area contributed by atoms with Crippen LogP contribution in [0.5, 0.6) is 0 Å². The summed E-state index contributed by atoms with van der Waals surface area (Å²) in [5.41, 5.74) is -1.70. The Morgan fingerprint density at radius 1 is 1.08 bits per heavy atom. The van der Waals surface area contributed by atoms with Gasteiger partial charge in [0.25, 0.3) is 0 Å². The van der Waals surface area contributed by atoms with Gasteiger partial charge in [0.2, 0.25) is 0 Å². The topological polar surface area (TPSA) is 97.3 Å². The molecular formula is C24H23ClF3N3O5. The van der Waals surface area contributed by atoms with Gasteiger partial charge in [-0.15, -0.1) is 0 Å². The zero-order valence-electron chi connectivity index (χ0n) is 19.6. The second-order valence-electron chi connectivity index (χ2n) is 7.98. The number of amides is 2. The average molecular weight is 526 g/mol. The van der Waals surface area contributed by atoms with Crippen molar-refractivity contribution in [3.63, 3.8) is 0 Å². The summed E-state index contributed by atoms with van der Waals surface area (Å²) in [5.74, 6) is -1.21. The van der Waals surface area contributed by atoms with E-state index in [1.165, 1.54) is 31.2 Å². The second kappa shape index (κ2) is 10.6. The van der Waals surface area contributed by atoms with Crippen LogP contribution in [0.2, 0.25) is 5.02 Å². The maximum absolute atomic E-state index is 13.1. The molecule has 0 fully saturated rings. The highest BCUT2D eigenvalue weighted by atomic mass is 35.5. The molecule has 0 spiro atoms. The van der Waals surface area contributed by atoms with E-state index in [0.717, 1.165) is 23.2 Å². The number of esters is 2. The summed E-state index contributed by atoms with van der Waals surface area (Å²) in [6, 6.07) is 8.20. The fraction of sp³-hybridized carbons (Fsp3) is 0.333. The Morgan fingerprint density at radius 2 is 1.72 bits per heavy atom. The van der Waals surface area contributed by atoms with Crippen molar-refractivity contribution in [2.45, 2.75) is 26.9 Å². The van der Waals surface area contributed by atoms with Gasteiger partial charge in [-0.3, -0.25) is 4.79 Å². The van der Waals surface area contributed by atoms with E-state index in [-0.39, 0.29) is 31.0 Å². The summed E-state index contributed by atoms with van der Waals surface area (Å²) in [4.78, 5) is 37.5. The summed E-state index contributed by atoms with van der Waals surface area (Å²) < 4.78 is 49.5. The third-order valence-electron chi connectivity index (χ3n) is 5.36. The van der Waals surface area contributed by atoms with Crippen molar-refractivity contribution in [3.8, 4) is 0 Å². The number of nitrogens with zero attached hydrogens (tertiary/aromatic N) is 2. The predicted molar refractivity (Wildman–Crippen MR) is 126 cm³/mol. The lowest BCUT2D eigenvalue weighted by molar-refractivity contribution is -0.150. The van der Waals surface area contributed by atoms with E-state index in [4.69, 9.17) is 21.1 Å². The smallest absolute Gasteiger partial charge is 0.417 e. The van der Waals surface area contributed by atoms with E-state index in [1.807, 2.05) is 0 Å². The average Bonchev–Trinajstić information content (AvgIpc) is 3.18. The molecule has 3 rings (SSSR count). The van der Waals surface area contributed by atoms with Crippen LogP contribution >= 0.6 is 11.6 Å². The molecule has 0 bridgehead atoms. The predicted octanol–water partition coefficient (Wildman–Crippen LogP) is 5.36. The third-order valence-corrected chi connectivity index (χ3v) is 5.68. The Bertz CT molecular complexity index is 1200. The number of carbonyl (C=O) groups excluding carboxylic acids is 3. The second-order valence-corrected chi connectivity index (χ2v) is 8.39. The summed E-state index contributed by atoms with van der Waals surface area (Å²) >= 11 is 5.87. The van der Waals surface area contributed by atoms with Crippen molar-refractivity contribution in [3.05, 3.63) is 64.2 Å². The standard InChI is InChI=1S/C24H23ClF3N3O5/c1-4-35-20(32)14-6-9-16(10-7-14)29-22(34)31-13-23(3,21(33)36-5-2)19(30-31)15-8-11-17(18(25)12-15)24(26,27)28/h6-12H,4-5,13H2,1-3H3,(H,29,34). The van der Waals surface area contributed by atoms with Gasteiger partial charge in [-0.1, -0.05) is 17.7 Å². The van der Waals surface area contributed by atoms with Gasteiger partial charge in [-0.05, 0) is 57.2 Å². The molecule has 12 heteroatoms. The van der Waals surface area contributed by atoms with Crippen LogP contribution in [0.3, 0.4) is 0 Å². The van der Waals surface area contributed by atoms with E-state index in [2.05, 4.69) is 10.4 Å². The minimum atomic E-state index is -4.66. The van der Waals surface area contributed by atoms with Gasteiger partial charge in [-0.25, -0.2) is 14.6 Å². The van der Waals surface area contributed by atoms with Crippen LogP contribution in [0.25, 0.3) is 0 Å². The van der Waals surface area contributed by atoms with Crippen LogP contribution in [0.4, 0.5) is 23.7 Å². The van der Waals surface area contributed by atoms with Gasteiger partial charge < -0.3 is 14.8 Å². The normalized spacial score (nSPS) is 17.4. The molecule has 1 unspecified atom stereocenters. The molecule has 2 aromatic carbocycles. The molecule has 1 atom stereocenters. The maximum atomic E-state index is 13.1. The summed E-state index contributed by atoms with van der Waals surface area (Å²) in [5, 5.41) is 7.25. The molecule has 2 aromatic rings. The molecule has 0 aliphatic carbocycles. The van der Waals surface area contributed by atoms with Crippen molar-refractivity contribution in [1.82, 2.24) is 5.01 Å². The van der Waals surface area contributed by atoms with E-state index in [9.17, 15) is 27.6 Å². The number of alkyl halides is 3. The largest absolute Gasteiger partial charge is 0.465 e. The molecule has 0 saturated carbocycles. The highest BCUT2D eigenvalue weighted by Gasteiger charge is 2.49. The first-order valence-electron chi connectivity index (χ1n) is 10.9. The monoisotopic (exact) mass is 525 g/mol.